The summed E-state index contributed by atoms with van der Waals surface area (Å²) in [6.07, 6.45) is 1.81. The maximum Gasteiger partial charge on any atom is 0.137 e. The Morgan fingerprint density at radius 3 is 2.88 bits per heavy atom. The molecule has 0 atom stereocenters. The fourth-order valence-corrected chi connectivity index (χ4v) is 2.41. The highest BCUT2D eigenvalue weighted by Gasteiger charge is 2.06. The predicted molar refractivity (Wildman–Crippen MR) is 67.0 cm³/mol. The van der Waals surface area contributed by atoms with Gasteiger partial charge in [0.1, 0.15) is 10.8 Å². The van der Waals surface area contributed by atoms with Gasteiger partial charge < -0.3 is 10.5 Å². The van der Waals surface area contributed by atoms with Crippen LogP contribution in [0.3, 0.4) is 0 Å². The van der Waals surface area contributed by atoms with E-state index in [9.17, 15) is 0 Å². The zero-order valence-electron chi connectivity index (χ0n) is 8.74. The molecule has 5 heteroatoms. The maximum atomic E-state index is 6.05. The number of hydrogen-bond acceptors (Lipinski definition) is 4. The average molecular weight is 255 g/mol. The maximum absolute atomic E-state index is 6.05. The monoisotopic (exact) mass is 254 g/mol. The normalized spacial score (nSPS) is 10.4. The minimum atomic E-state index is 0.467. The van der Waals surface area contributed by atoms with Crippen LogP contribution in [0.4, 0.5) is 0 Å². The Bertz CT molecular complexity index is 498. The van der Waals surface area contributed by atoms with Gasteiger partial charge in [0.05, 0.1) is 17.0 Å². The number of thiazole rings is 1. The van der Waals surface area contributed by atoms with E-state index in [0.717, 1.165) is 15.4 Å². The summed E-state index contributed by atoms with van der Waals surface area (Å²) in [7, 11) is 1.60. The second-order valence-corrected chi connectivity index (χ2v) is 4.69. The second kappa shape index (κ2) is 4.82. The molecule has 2 rings (SSSR count). The Kier molecular flexibility index (Phi) is 3.43. The van der Waals surface area contributed by atoms with Gasteiger partial charge in [0.25, 0.3) is 0 Å². The zero-order valence-corrected chi connectivity index (χ0v) is 10.3. The molecule has 0 aliphatic rings. The Hall–Kier alpha value is -1.10. The van der Waals surface area contributed by atoms with Crippen LogP contribution in [0.2, 0.25) is 5.02 Å². The van der Waals surface area contributed by atoms with Gasteiger partial charge in [0.15, 0.2) is 0 Å². The fraction of sp³-hybridized carbons (Fsp3) is 0.182. The molecule has 0 bridgehead atoms. The van der Waals surface area contributed by atoms with Crippen LogP contribution >= 0.6 is 22.9 Å². The molecule has 0 aliphatic carbocycles. The number of nitrogens with zero attached hydrogens (tertiary/aromatic N) is 1. The molecule has 1 heterocycles. The minimum absolute atomic E-state index is 0.467. The van der Waals surface area contributed by atoms with E-state index in [2.05, 4.69) is 4.98 Å². The van der Waals surface area contributed by atoms with Gasteiger partial charge >= 0.3 is 0 Å². The molecule has 1 aromatic heterocycles. The molecule has 2 aromatic rings. The third-order valence-corrected chi connectivity index (χ3v) is 3.53. The van der Waals surface area contributed by atoms with E-state index in [1.54, 1.807) is 18.4 Å². The van der Waals surface area contributed by atoms with Crippen molar-refractivity contribution < 1.29 is 4.74 Å². The van der Waals surface area contributed by atoms with Crippen molar-refractivity contribution in [2.75, 3.05) is 7.11 Å². The van der Waals surface area contributed by atoms with Gasteiger partial charge in [-0.3, -0.25) is 0 Å². The third kappa shape index (κ3) is 2.19. The van der Waals surface area contributed by atoms with Crippen LogP contribution in [0, 0.1) is 0 Å². The molecule has 0 spiro atoms. The number of hydrogen-bond donors (Lipinski definition) is 1. The summed E-state index contributed by atoms with van der Waals surface area (Å²) < 4.78 is 5.10. The van der Waals surface area contributed by atoms with Gasteiger partial charge in [-0.05, 0) is 23.8 Å². The van der Waals surface area contributed by atoms with Crippen molar-refractivity contribution >= 4 is 22.9 Å². The van der Waals surface area contributed by atoms with E-state index < -0.39 is 0 Å². The molecule has 0 radical (unpaired) electrons. The van der Waals surface area contributed by atoms with Crippen molar-refractivity contribution in [2.45, 2.75) is 6.54 Å². The Labute approximate surface area is 103 Å². The quantitative estimate of drug-likeness (QED) is 0.916. The SMILES string of the molecule is COc1ccc(-c2cnc(CN)s2)cc1Cl. The molecule has 0 fully saturated rings. The van der Waals surface area contributed by atoms with Gasteiger partial charge in [0.2, 0.25) is 0 Å². The fourth-order valence-electron chi connectivity index (χ4n) is 1.36. The number of halogens is 1. The van der Waals surface area contributed by atoms with E-state index >= 15 is 0 Å². The van der Waals surface area contributed by atoms with Crippen LogP contribution in [0.5, 0.6) is 5.75 Å². The molecule has 0 amide bonds. The van der Waals surface area contributed by atoms with Gasteiger partial charge in [0, 0.05) is 12.7 Å². The first-order valence-electron chi connectivity index (χ1n) is 4.73. The van der Waals surface area contributed by atoms with Gasteiger partial charge in [-0.1, -0.05) is 11.6 Å². The largest absolute Gasteiger partial charge is 0.495 e. The number of methoxy groups -OCH3 is 1. The van der Waals surface area contributed by atoms with E-state index in [1.165, 1.54) is 0 Å². The van der Waals surface area contributed by atoms with Crippen molar-refractivity contribution in [1.29, 1.82) is 0 Å². The van der Waals surface area contributed by atoms with Crippen molar-refractivity contribution in [2.24, 2.45) is 5.73 Å². The molecule has 3 nitrogen and oxygen atoms in total. The molecule has 16 heavy (non-hydrogen) atoms. The molecule has 0 saturated carbocycles. The van der Waals surface area contributed by atoms with Crippen molar-refractivity contribution in [3.63, 3.8) is 0 Å². The minimum Gasteiger partial charge on any atom is -0.495 e. The standard InChI is InChI=1S/C11H11ClN2OS/c1-15-9-3-2-7(4-8(9)12)10-6-14-11(5-13)16-10/h2-4,6H,5,13H2,1H3. The van der Waals surface area contributed by atoms with Crippen LogP contribution < -0.4 is 10.5 Å². The van der Waals surface area contributed by atoms with Crippen LogP contribution in [0.15, 0.2) is 24.4 Å². The highest BCUT2D eigenvalue weighted by molar-refractivity contribution is 7.15. The number of nitrogens with two attached hydrogens (primary N) is 1. The predicted octanol–water partition coefficient (Wildman–Crippen LogP) is 2.93. The second-order valence-electron chi connectivity index (χ2n) is 3.17. The lowest BCUT2D eigenvalue weighted by Gasteiger charge is -2.03. The van der Waals surface area contributed by atoms with Gasteiger partial charge in [-0.25, -0.2) is 4.98 Å². The Morgan fingerprint density at radius 1 is 1.50 bits per heavy atom. The number of rotatable bonds is 3. The Balaban J connectivity index is 2.37. The molecular weight excluding hydrogens is 244 g/mol. The molecular formula is C11H11ClN2OS. The summed E-state index contributed by atoms with van der Waals surface area (Å²) in [5, 5.41) is 1.52. The van der Waals surface area contributed by atoms with Crippen LogP contribution in [0.25, 0.3) is 10.4 Å². The van der Waals surface area contributed by atoms with Gasteiger partial charge in [-0.15, -0.1) is 11.3 Å². The summed E-state index contributed by atoms with van der Waals surface area (Å²) in [6.45, 7) is 0.467. The summed E-state index contributed by atoms with van der Waals surface area (Å²) >= 11 is 7.63. The number of benzene rings is 1. The van der Waals surface area contributed by atoms with Crippen LogP contribution in [-0.2, 0) is 6.54 Å². The molecule has 84 valence electrons. The van der Waals surface area contributed by atoms with Crippen molar-refractivity contribution in [1.82, 2.24) is 4.98 Å². The highest BCUT2D eigenvalue weighted by atomic mass is 35.5. The summed E-state index contributed by atoms with van der Waals surface area (Å²) in [5.41, 5.74) is 6.55. The van der Waals surface area contributed by atoms with Crippen LogP contribution in [0.1, 0.15) is 5.01 Å². The summed E-state index contributed by atoms with van der Waals surface area (Å²) in [4.78, 5) is 5.26. The topological polar surface area (TPSA) is 48.1 Å². The molecule has 0 aliphatic heterocycles. The van der Waals surface area contributed by atoms with E-state index in [0.29, 0.717) is 17.3 Å². The highest BCUT2D eigenvalue weighted by Crippen LogP contribution is 2.32. The summed E-state index contributed by atoms with van der Waals surface area (Å²) in [5.74, 6) is 0.675. The first-order valence-corrected chi connectivity index (χ1v) is 5.92. The van der Waals surface area contributed by atoms with Crippen molar-refractivity contribution in [3.8, 4) is 16.2 Å². The number of ether oxygens (including phenoxy) is 1. The lowest BCUT2D eigenvalue weighted by atomic mass is 10.2. The molecule has 1 aromatic carbocycles. The van der Waals surface area contributed by atoms with Gasteiger partial charge in [-0.2, -0.15) is 0 Å². The third-order valence-electron chi connectivity index (χ3n) is 2.16. The van der Waals surface area contributed by atoms with E-state index in [-0.39, 0.29) is 0 Å². The van der Waals surface area contributed by atoms with E-state index in [4.69, 9.17) is 22.1 Å². The zero-order chi connectivity index (χ0) is 11.5. The molecule has 0 unspecified atom stereocenters. The molecule has 2 N–H and O–H groups in total. The van der Waals surface area contributed by atoms with E-state index in [1.807, 2.05) is 24.4 Å². The lowest BCUT2D eigenvalue weighted by molar-refractivity contribution is 0.415. The lowest BCUT2D eigenvalue weighted by Crippen LogP contribution is -1.93. The first-order chi connectivity index (χ1) is 7.74. The summed E-state index contributed by atoms with van der Waals surface area (Å²) in [6, 6.07) is 5.67. The van der Waals surface area contributed by atoms with Crippen LogP contribution in [-0.4, -0.2) is 12.1 Å². The number of aromatic nitrogens is 1. The van der Waals surface area contributed by atoms with Crippen molar-refractivity contribution in [3.05, 3.63) is 34.4 Å². The molecule has 0 saturated heterocycles. The average Bonchev–Trinajstić information content (AvgIpc) is 2.77. The first kappa shape index (κ1) is 11.4. The smallest absolute Gasteiger partial charge is 0.137 e. The Morgan fingerprint density at radius 2 is 2.31 bits per heavy atom.